The predicted octanol–water partition coefficient (Wildman–Crippen LogP) is 1.56. The molecule has 0 radical (unpaired) electrons. The molecule has 0 spiro atoms. The lowest BCUT2D eigenvalue weighted by Crippen LogP contribution is -2.56. The SMILES string of the molecule is CCCNC(=O)N(C)C(CC)(CC)CN. The number of hydrogen-bond donors (Lipinski definition) is 2. The van der Waals surface area contributed by atoms with Gasteiger partial charge >= 0.3 is 6.03 Å². The minimum Gasteiger partial charge on any atom is -0.338 e. The molecule has 0 aliphatic rings. The predicted molar refractivity (Wildman–Crippen MR) is 63.8 cm³/mol. The van der Waals surface area contributed by atoms with Crippen molar-refractivity contribution in [3.8, 4) is 0 Å². The summed E-state index contributed by atoms with van der Waals surface area (Å²) in [5.41, 5.74) is 5.58. The number of rotatable bonds is 6. The number of carbonyl (C=O) groups is 1. The molecule has 4 heteroatoms. The molecular formula is C11H25N3O. The summed E-state index contributed by atoms with van der Waals surface area (Å²) in [7, 11) is 1.82. The third kappa shape index (κ3) is 3.38. The minimum atomic E-state index is -0.197. The van der Waals surface area contributed by atoms with E-state index in [9.17, 15) is 4.79 Å². The number of nitrogens with one attached hydrogen (secondary N) is 1. The van der Waals surface area contributed by atoms with Crippen molar-refractivity contribution in [2.24, 2.45) is 5.73 Å². The zero-order valence-electron chi connectivity index (χ0n) is 10.5. The first-order valence-electron chi connectivity index (χ1n) is 5.79. The van der Waals surface area contributed by atoms with Gasteiger partial charge in [-0.15, -0.1) is 0 Å². The van der Waals surface area contributed by atoms with Gasteiger partial charge in [-0.3, -0.25) is 0 Å². The zero-order chi connectivity index (χ0) is 11.9. The molecule has 0 aromatic rings. The van der Waals surface area contributed by atoms with Gasteiger partial charge < -0.3 is 16.0 Å². The molecule has 0 aromatic carbocycles. The topological polar surface area (TPSA) is 58.4 Å². The summed E-state index contributed by atoms with van der Waals surface area (Å²) in [6.45, 7) is 7.41. The van der Waals surface area contributed by atoms with E-state index in [0.717, 1.165) is 25.8 Å². The van der Waals surface area contributed by atoms with Gasteiger partial charge in [-0.25, -0.2) is 4.79 Å². The van der Waals surface area contributed by atoms with Crippen LogP contribution in [0.4, 0.5) is 4.79 Å². The highest BCUT2D eigenvalue weighted by molar-refractivity contribution is 5.74. The van der Waals surface area contributed by atoms with Gasteiger partial charge in [-0.1, -0.05) is 20.8 Å². The molecule has 0 aromatic heterocycles. The van der Waals surface area contributed by atoms with Crippen molar-refractivity contribution in [1.29, 1.82) is 0 Å². The number of amides is 2. The monoisotopic (exact) mass is 215 g/mol. The fraction of sp³-hybridized carbons (Fsp3) is 0.909. The van der Waals surface area contributed by atoms with Crippen LogP contribution >= 0.6 is 0 Å². The Morgan fingerprint density at radius 1 is 1.33 bits per heavy atom. The number of hydrogen-bond acceptors (Lipinski definition) is 2. The Morgan fingerprint density at radius 3 is 2.20 bits per heavy atom. The van der Waals surface area contributed by atoms with E-state index < -0.39 is 0 Å². The lowest BCUT2D eigenvalue weighted by Gasteiger charge is -2.39. The molecule has 0 aliphatic carbocycles. The summed E-state index contributed by atoms with van der Waals surface area (Å²) in [6.07, 6.45) is 2.72. The molecule has 0 saturated carbocycles. The van der Waals surface area contributed by atoms with Crippen LogP contribution < -0.4 is 11.1 Å². The Labute approximate surface area is 93.2 Å². The van der Waals surface area contributed by atoms with Gasteiger partial charge in [0.25, 0.3) is 0 Å². The second-order valence-electron chi connectivity index (χ2n) is 3.93. The van der Waals surface area contributed by atoms with Crippen LogP contribution in [0.1, 0.15) is 40.0 Å². The first kappa shape index (κ1) is 14.2. The van der Waals surface area contributed by atoms with Gasteiger partial charge in [0.1, 0.15) is 0 Å². The van der Waals surface area contributed by atoms with E-state index in [1.165, 1.54) is 0 Å². The largest absolute Gasteiger partial charge is 0.338 e. The van der Waals surface area contributed by atoms with Crippen LogP contribution in [0, 0.1) is 0 Å². The molecule has 0 bridgehead atoms. The zero-order valence-corrected chi connectivity index (χ0v) is 10.5. The fourth-order valence-corrected chi connectivity index (χ4v) is 1.72. The molecule has 0 atom stereocenters. The molecule has 4 nitrogen and oxygen atoms in total. The molecule has 2 amide bonds. The third-order valence-electron chi connectivity index (χ3n) is 3.24. The van der Waals surface area contributed by atoms with Crippen molar-refractivity contribution in [1.82, 2.24) is 10.2 Å². The molecule has 0 fully saturated rings. The molecule has 90 valence electrons. The number of carbonyl (C=O) groups excluding carboxylic acids is 1. The Bertz CT molecular complexity index is 182. The highest BCUT2D eigenvalue weighted by Gasteiger charge is 2.32. The summed E-state index contributed by atoms with van der Waals surface area (Å²) in [5.74, 6) is 0. The Morgan fingerprint density at radius 2 is 1.87 bits per heavy atom. The summed E-state index contributed by atoms with van der Waals surface area (Å²) < 4.78 is 0. The van der Waals surface area contributed by atoms with Crippen LogP contribution in [-0.4, -0.2) is 36.6 Å². The van der Waals surface area contributed by atoms with Crippen LogP contribution in [0.3, 0.4) is 0 Å². The molecule has 3 N–H and O–H groups in total. The maximum atomic E-state index is 11.8. The van der Waals surface area contributed by atoms with Crippen molar-refractivity contribution in [3.63, 3.8) is 0 Å². The summed E-state index contributed by atoms with van der Waals surface area (Å²) >= 11 is 0. The van der Waals surface area contributed by atoms with Crippen molar-refractivity contribution in [3.05, 3.63) is 0 Å². The summed E-state index contributed by atoms with van der Waals surface area (Å²) in [4.78, 5) is 13.5. The molecule has 0 saturated heterocycles. The van der Waals surface area contributed by atoms with E-state index in [2.05, 4.69) is 19.2 Å². The first-order chi connectivity index (χ1) is 7.07. The van der Waals surface area contributed by atoms with Crippen LogP contribution in [0.2, 0.25) is 0 Å². The van der Waals surface area contributed by atoms with Crippen molar-refractivity contribution < 1.29 is 4.79 Å². The molecular weight excluding hydrogens is 190 g/mol. The Hall–Kier alpha value is -0.770. The Kier molecular flexibility index (Phi) is 6.32. The van der Waals surface area contributed by atoms with Crippen LogP contribution in [0.5, 0.6) is 0 Å². The van der Waals surface area contributed by atoms with Crippen LogP contribution in [0.15, 0.2) is 0 Å². The van der Waals surface area contributed by atoms with E-state index >= 15 is 0 Å². The lowest BCUT2D eigenvalue weighted by atomic mass is 9.91. The maximum Gasteiger partial charge on any atom is 0.317 e. The van der Waals surface area contributed by atoms with Gasteiger partial charge in [-0.2, -0.15) is 0 Å². The van der Waals surface area contributed by atoms with Crippen molar-refractivity contribution in [2.75, 3.05) is 20.1 Å². The van der Waals surface area contributed by atoms with Crippen LogP contribution in [-0.2, 0) is 0 Å². The molecule has 0 aliphatic heterocycles. The smallest absolute Gasteiger partial charge is 0.317 e. The second kappa shape index (κ2) is 6.67. The average Bonchev–Trinajstić information content (AvgIpc) is 2.28. The molecule has 15 heavy (non-hydrogen) atoms. The normalized spacial score (nSPS) is 11.3. The van der Waals surface area contributed by atoms with Gasteiger partial charge in [0.2, 0.25) is 0 Å². The first-order valence-corrected chi connectivity index (χ1v) is 5.79. The average molecular weight is 215 g/mol. The standard InChI is InChI=1S/C11H25N3O/c1-5-8-13-10(15)14(4)11(6-2,7-3)9-12/h5-9,12H2,1-4H3,(H,13,15). The number of likely N-dealkylation sites (N-methyl/N-ethyl adjacent to an activating group) is 1. The van der Waals surface area contributed by atoms with Gasteiger partial charge in [-0.05, 0) is 19.3 Å². The van der Waals surface area contributed by atoms with E-state index in [-0.39, 0.29) is 11.6 Å². The molecule has 0 heterocycles. The molecule has 0 rings (SSSR count). The lowest BCUT2D eigenvalue weighted by molar-refractivity contribution is 0.130. The summed E-state index contributed by atoms with van der Waals surface area (Å²) in [6, 6.07) is -0.0222. The van der Waals surface area contributed by atoms with E-state index in [1.807, 2.05) is 14.0 Å². The van der Waals surface area contributed by atoms with E-state index in [1.54, 1.807) is 4.90 Å². The second-order valence-corrected chi connectivity index (χ2v) is 3.93. The summed E-state index contributed by atoms with van der Waals surface area (Å²) in [5, 5.41) is 2.87. The number of nitrogens with zero attached hydrogens (tertiary/aromatic N) is 1. The van der Waals surface area contributed by atoms with Gasteiger partial charge in [0.15, 0.2) is 0 Å². The van der Waals surface area contributed by atoms with Crippen molar-refractivity contribution >= 4 is 6.03 Å². The number of nitrogens with two attached hydrogens (primary N) is 1. The Balaban J connectivity index is 4.48. The van der Waals surface area contributed by atoms with Crippen LogP contribution in [0.25, 0.3) is 0 Å². The number of urea groups is 1. The fourth-order valence-electron chi connectivity index (χ4n) is 1.72. The van der Waals surface area contributed by atoms with Crippen molar-refractivity contribution in [2.45, 2.75) is 45.6 Å². The van der Waals surface area contributed by atoms with E-state index in [4.69, 9.17) is 5.73 Å². The van der Waals surface area contributed by atoms with E-state index in [0.29, 0.717) is 6.54 Å². The third-order valence-corrected chi connectivity index (χ3v) is 3.24. The maximum absolute atomic E-state index is 11.8. The molecule has 0 unspecified atom stereocenters. The highest BCUT2D eigenvalue weighted by Crippen LogP contribution is 2.21. The highest BCUT2D eigenvalue weighted by atomic mass is 16.2. The van der Waals surface area contributed by atoms with Gasteiger partial charge in [0.05, 0.1) is 5.54 Å². The minimum absolute atomic E-state index is 0.0222. The quantitative estimate of drug-likeness (QED) is 0.706. The van der Waals surface area contributed by atoms with Gasteiger partial charge in [0, 0.05) is 20.1 Å².